The summed E-state index contributed by atoms with van der Waals surface area (Å²) in [6, 6.07) is 2.18. The Kier molecular flexibility index (Phi) is 3.23. The van der Waals surface area contributed by atoms with Crippen molar-refractivity contribution < 1.29 is 0 Å². The van der Waals surface area contributed by atoms with Crippen molar-refractivity contribution >= 4 is 11.6 Å². The first-order valence-electron chi connectivity index (χ1n) is 5.39. The van der Waals surface area contributed by atoms with E-state index in [-0.39, 0.29) is 0 Å². The van der Waals surface area contributed by atoms with E-state index in [4.69, 9.17) is 16.9 Å². The van der Waals surface area contributed by atoms with Crippen LogP contribution in [0, 0.1) is 11.3 Å². The molecule has 0 radical (unpaired) electrons. The summed E-state index contributed by atoms with van der Waals surface area (Å²) >= 11 is 5.92. The number of rotatable bonds is 0. The van der Waals surface area contributed by atoms with E-state index in [1.165, 1.54) is 24.8 Å². The van der Waals surface area contributed by atoms with E-state index in [2.05, 4.69) is 11.1 Å². The Morgan fingerprint density at radius 2 is 1.93 bits per heavy atom. The maximum atomic E-state index is 9.06. The number of pyridine rings is 1. The Bertz CT molecular complexity index is 407. The van der Waals surface area contributed by atoms with Crippen LogP contribution in [-0.2, 0) is 12.8 Å². The average Bonchev–Trinajstić information content (AvgIpc) is 2.20. The van der Waals surface area contributed by atoms with Crippen molar-refractivity contribution in [1.82, 2.24) is 4.98 Å². The van der Waals surface area contributed by atoms with Crippen LogP contribution < -0.4 is 0 Å². The average molecular weight is 221 g/mol. The molecule has 0 unspecified atom stereocenters. The van der Waals surface area contributed by atoms with E-state index in [1.54, 1.807) is 0 Å². The molecular formula is C12H13ClN2. The van der Waals surface area contributed by atoms with Crippen LogP contribution in [0.3, 0.4) is 0 Å². The maximum absolute atomic E-state index is 9.06. The van der Waals surface area contributed by atoms with Crippen LogP contribution in [0.4, 0.5) is 0 Å². The Hall–Kier alpha value is -1.07. The van der Waals surface area contributed by atoms with E-state index >= 15 is 0 Å². The van der Waals surface area contributed by atoms with Crippen molar-refractivity contribution in [2.24, 2.45) is 0 Å². The van der Waals surface area contributed by atoms with Gasteiger partial charge in [-0.25, -0.2) is 4.98 Å². The van der Waals surface area contributed by atoms with E-state index in [1.807, 2.05) is 6.20 Å². The fraction of sp³-hybridized carbons (Fsp3) is 0.500. The highest BCUT2D eigenvalue weighted by Gasteiger charge is 2.14. The van der Waals surface area contributed by atoms with Gasteiger partial charge < -0.3 is 0 Å². The minimum Gasteiger partial charge on any atom is -0.243 e. The van der Waals surface area contributed by atoms with Crippen molar-refractivity contribution in [1.29, 1.82) is 5.26 Å². The molecule has 0 atom stereocenters. The summed E-state index contributed by atoms with van der Waals surface area (Å²) in [6.07, 6.45) is 8.73. The fourth-order valence-electron chi connectivity index (χ4n) is 2.15. The lowest BCUT2D eigenvalue weighted by Gasteiger charge is -2.14. The van der Waals surface area contributed by atoms with Gasteiger partial charge in [-0.1, -0.05) is 24.4 Å². The van der Waals surface area contributed by atoms with Crippen LogP contribution in [0.1, 0.15) is 42.4 Å². The van der Waals surface area contributed by atoms with Crippen molar-refractivity contribution in [3.8, 4) is 6.07 Å². The van der Waals surface area contributed by atoms with Gasteiger partial charge in [-0.3, -0.25) is 0 Å². The maximum Gasteiger partial charge on any atom is 0.147 e. The molecule has 0 saturated carbocycles. The summed E-state index contributed by atoms with van der Waals surface area (Å²) in [5.74, 6) is 0. The minimum absolute atomic E-state index is 0.358. The molecule has 0 aliphatic heterocycles. The number of aryl methyl sites for hydroxylation is 1. The summed E-state index contributed by atoms with van der Waals surface area (Å²) in [5.41, 5.74) is 2.95. The van der Waals surface area contributed by atoms with Gasteiger partial charge in [0.1, 0.15) is 11.2 Å². The standard InChI is InChI=1S/C12H13ClN2/c13-12-11(7-14)10-6-4-2-1-3-5-9(10)8-15-12/h8H,1-6H2. The molecule has 0 fully saturated rings. The molecule has 0 bridgehead atoms. The second kappa shape index (κ2) is 4.63. The normalized spacial score (nSPS) is 16.0. The number of hydrogen-bond donors (Lipinski definition) is 0. The molecule has 0 aromatic carbocycles. The summed E-state index contributed by atoms with van der Waals surface area (Å²) in [4.78, 5) is 4.08. The molecule has 1 aromatic rings. The van der Waals surface area contributed by atoms with Gasteiger partial charge in [0.15, 0.2) is 0 Å². The van der Waals surface area contributed by atoms with Gasteiger partial charge in [-0.15, -0.1) is 0 Å². The molecule has 1 heterocycles. The summed E-state index contributed by atoms with van der Waals surface area (Å²) in [6.45, 7) is 0. The van der Waals surface area contributed by atoms with Crippen molar-refractivity contribution in [2.75, 3.05) is 0 Å². The second-order valence-electron chi connectivity index (χ2n) is 3.95. The third-order valence-corrected chi connectivity index (χ3v) is 3.25. The van der Waals surface area contributed by atoms with Gasteiger partial charge >= 0.3 is 0 Å². The van der Waals surface area contributed by atoms with E-state index < -0.39 is 0 Å². The highest BCUT2D eigenvalue weighted by atomic mass is 35.5. The Morgan fingerprint density at radius 1 is 1.20 bits per heavy atom. The molecule has 78 valence electrons. The third-order valence-electron chi connectivity index (χ3n) is 2.96. The highest BCUT2D eigenvalue weighted by molar-refractivity contribution is 6.30. The van der Waals surface area contributed by atoms with Crippen molar-refractivity contribution in [3.05, 3.63) is 28.0 Å². The van der Waals surface area contributed by atoms with Crippen molar-refractivity contribution in [2.45, 2.75) is 38.5 Å². The predicted molar refractivity (Wildman–Crippen MR) is 59.8 cm³/mol. The number of halogens is 1. The monoisotopic (exact) mass is 220 g/mol. The Morgan fingerprint density at radius 3 is 2.67 bits per heavy atom. The second-order valence-corrected chi connectivity index (χ2v) is 4.31. The van der Waals surface area contributed by atoms with Crippen LogP contribution in [0.25, 0.3) is 0 Å². The molecule has 2 rings (SSSR count). The number of hydrogen-bond acceptors (Lipinski definition) is 2. The smallest absolute Gasteiger partial charge is 0.147 e. The van der Waals surface area contributed by atoms with Gasteiger partial charge in [-0.05, 0) is 36.8 Å². The molecule has 0 spiro atoms. The molecule has 0 amide bonds. The minimum atomic E-state index is 0.358. The predicted octanol–water partition coefficient (Wildman–Crippen LogP) is 3.27. The topological polar surface area (TPSA) is 36.7 Å². The van der Waals surface area contributed by atoms with Gasteiger partial charge in [0.05, 0.1) is 5.56 Å². The quantitative estimate of drug-likeness (QED) is 0.630. The van der Waals surface area contributed by atoms with Crippen LogP contribution in [0.2, 0.25) is 5.15 Å². The SMILES string of the molecule is N#Cc1c(Cl)ncc2c1CCCCCC2. The summed E-state index contributed by atoms with van der Waals surface area (Å²) in [7, 11) is 0. The first-order chi connectivity index (χ1) is 7.33. The first kappa shape index (κ1) is 10.4. The van der Waals surface area contributed by atoms with Crippen LogP contribution >= 0.6 is 11.6 Å². The van der Waals surface area contributed by atoms with E-state index in [0.29, 0.717) is 10.7 Å². The number of aromatic nitrogens is 1. The molecule has 15 heavy (non-hydrogen) atoms. The molecule has 1 aliphatic carbocycles. The zero-order chi connectivity index (χ0) is 10.7. The lowest BCUT2D eigenvalue weighted by Crippen LogP contribution is -2.04. The first-order valence-corrected chi connectivity index (χ1v) is 5.77. The molecule has 2 nitrogen and oxygen atoms in total. The molecule has 0 saturated heterocycles. The zero-order valence-electron chi connectivity index (χ0n) is 8.59. The summed E-state index contributed by atoms with van der Waals surface area (Å²) in [5, 5.41) is 9.42. The fourth-order valence-corrected chi connectivity index (χ4v) is 2.35. The number of fused-ring (bicyclic) bond motifs is 1. The number of nitrogens with zero attached hydrogens (tertiary/aromatic N) is 2. The molecule has 3 heteroatoms. The largest absolute Gasteiger partial charge is 0.243 e. The lowest BCUT2D eigenvalue weighted by molar-refractivity contribution is 0.615. The van der Waals surface area contributed by atoms with Gasteiger partial charge in [0, 0.05) is 6.20 Å². The van der Waals surface area contributed by atoms with Crippen molar-refractivity contribution in [3.63, 3.8) is 0 Å². The van der Waals surface area contributed by atoms with Crippen LogP contribution in [0.5, 0.6) is 0 Å². The van der Waals surface area contributed by atoms with E-state index in [9.17, 15) is 0 Å². The Labute approximate surface area is 94.9 Å². The van der Waals surface area contributed by atoms with Gasteiger partial charge in [-0.2, -0.15) is 5.26 Å². The number of nitriles is 1. The summed E-state index contributed by atoms with van der Waals surface area (Å²) < 4.78 is 0. The highest BCUT2D eigenvalue weighted by Crippen LogP contribution is 2.26. The Balaban J connectivity index is 2.47. The van der Waals surface area contributed by atoms with Gasteiger partial charge in [0.2, 0.25) is 0 Å². The molecule has 1 aromatic heterocycles. The van der Waals surface area contributed by atoms with Gasteiger partial charge in [0.25, 0.3) is 0 Å². The van der Waals surface area contributed by atoms with Crippen LogP contribution in [-0.4, -0.2) is 4.98 Å². The zero-order valence-corrected chi connectivity index (χ0v) is 9.35. The third kappa shape index (κ3) is 2.13. The molecular weight excluding hydrogens is 208 g/mol. The lowest BCUT2D eigenvalue weighted by atomic mass is 9.92. The molecule has 1 aliphatic rings. The van der Waals surface area contributed by atoms with Crippen LogP contribution in [0.15, 0.2) is 6.20 Å². The van der Waals surface area contributed by atoms with E-state index in [0.717, 1.165) is 24.8 Å². The molecule has 0 N–H and O–H groups in total.